The van der Waals surface area contributed by atoms with Crippen molar-refractivity contribution in [2.45, 2.75) is 38.1 Å². The molecule has 3 N–H and O–H groups in total. The van der Waals surface area contributed by atoms with Gasteiger partial charge >= 0.3 is 5.97 Å². The second kappa shape index (κ2) is 5.55. The summed E-state index contributed by atoms with van der Waals surface area (Å²) in [5, 5.41) is 14.5. The van der Waals surface area contributed by atoms with Crippen LogP contribution in [-0.4, -0.2) is 28.4 Å². The molecule has 1 heterocycles. The maximum atomic E-state index is 12.4. The van der Waals surface area contributed by atoms with Crippen LogP contribution in [0.5, 0.6) is 0 Å². The zero-order chi connectivity index (χ0) is 15.6. The standard InChI is InChI=1S/C15H18N2O4/c1-3-15(2,14(20)21)17-13(19)10-8-12(18)16-11-7-5-4-6-9(10)11/h4-7,10H,3,8H2,1-2H3,(H,16,18)(H,17,19)(H,20,21). The summed E-state index contributed by atoms with van der Waals surface area (Å²) in [5.74, 6) is -2.45. The fourth-order valence-electron chi connectivity index (χ4n) is 2.30. The van der Waals surface area contributed by atoms with Gasteiger partial charge < -0.3 is 15.7 Å². The summed E-state index contributed by atoms with van der Waals surface area (Å²) in [6.07, 6.45) is 0.275. The number of carbonyl (C=O) groups is 3. The Morgan fingerprint density at radius 3 is 2.71 bits per heavy atom. The molecule has 0 bridgehead atoms. The summed E-state index contributed by atoms with van der Waals surface area (Å²) in [6.45, 7) is 3.15. The van der Waals surface area contributed by atoms with Gasteiger partial charge in [-0.3, -0.25) is 9.59 Å². The number of benzene rings is 1. The van der Waals surface area contributed by atoms with Gasteiger partial charge in [0.05, 0.1) is 5.92 Å². The van der Waals surface area contributed by atoms with Crippen molar-refractivity contribution >= 4 is 23.5 Å². The first-order chi connectivity index (χ1) is 9.87. The topological polar surface area (TPSA) is 95.5 Å². The van der Waals surface area contributed by atoms with Crippen LogP contribution < -0.4 is 10.6 Å². The number of aliphatic carboxylic acids is 1. The fraction of sp³-hybridized carbons (Fsp3) is 0.400. The number of carboxylic acids is 1. The minimum Gasteiger partial charge on any atom is -0.480 e. The molecule has 112 valence electrons. The van der Waals surface area contributed by atoms with Crippen molar-refractivity contribution in [1.82, 2.24) is 5.32 Å². The number of carboxylic acid groups (broad SMARTS) is 1. The van der Waals surface area contributed by atoms with E-state index in [-0.39, 0.29) is 18.7 Å². The largest absolute Gasteiger partial charge is 0.480 e. The Hall–Kier alpha value is -2.37. The number of fused-ring (bicyclic) bond motifs is 1. The van der Waals surface area contributed by atoms with Gasteiger partial charge in [-0.15, -0.1) is 0 Å². The average Bonchev–Trinajstić information content (AvgIpc) is 2.45. The van der Waals surface area contributed by atoms with Crippen molar-refractivity contribution < 1.29 is 19.5 Å². The molecule has 6 heteroatoms. The smallest absolute Gasteiger partial charge is 0.329 e. The molecule has 1 aliphatic rings. The summed E-state index contributed by atoms with van der Waals surface area (Å²) < 4.78 is 0. The molecule has 2 rings (SSSR count). The monoisotopic (exact) mass is 290 g/mol. The van der Waals surface area contributed by atoms with Gasteiger partial charge in [-0.2, -0.15) is 0 Å². The molecule has 1 aliphatic heterocycles. The van der Waals surface area contributed by atoms with Gasteiger partial charge in [-0.05, 0) is 25.0 Å². The van der Waals surface area contributed by atoms with Crippen molar-refractivity contribution in [3.63, 3.8) is 0 Å². The minimum atomic E-state index is -1.33. The Labute approximate surface area is 122 Å². The summed E-state index contributed by atoms with van der Waals surface area (Å²) in [5.41, 5.74) is -0.0270. The highest BCUT2D eigenvalue weighted by Crippen LogP contribution is 2.32. The lowest BCUT2D eigenvalue weighted by molar-refractivity contribution is -0.147. The first-order valence-corrected chi connectivity index (χ1v) is 6.81. The van der Waals surface area contributed by atoms with E-state index in [4.69, 9.17) is 0 Å². The predicted octanol–water partition coefficient (Wildman–Crippen LogP) is 1.48. The van der Waals surface area contributed by atoms with Gasteiger partial charge in [-0.1, -0.05) is 25.1 Å². The average molecular weight is 290 g/mol. The van der Waals surface area contributed by atoms with Gasteiger partial charge in [0, 0.05) is 12.1 Å². The van der Waals surface area contributed by atoms with E-state index in [0.29, 0.717) is 11.3 Å². The van der Waals surface area contributed by atoms with Crippen molar-refractivity contribution in [2.24, 2.45) is 0 Å². The highest BCUT2D eigenvalue weighted by molar-refractivity contribution is 6.02. The zero-order valence-electron chi connectivity index (χ0n) is 12.0. The molecular weight excluding hydrogens is 272 g/mol. The van der Waals surface area contributed by atoms with Crippen LogP contribution in [0.2, 0.25) is 0 Å². The molecule has 1 aromatic carbocycles. The maximum Gasteiger partial charge on any atom is 0.329 e. The van der Waals surface area contributed by atoms with Crippen molar-refractivity contribution in [3.8, 4) is 0 Å². The molecule has 0 fully saturated rings. The molecular formula is C15H18N2O4. The molecule has 2 amide bonds. The van der Waals surface area contributed by atoms with E-state index in [0.717, 1.165) is 0 Å². The Balaban J connectivity index is 2.28. The molecule has 6 nitrogen and oxygen atoms in total. The number of carbonyl (C=O) groups excluding carboxylic acids is 2. The highest BCUT2D eigenvalue weighted by Gasteiger charge is 2.37. The van der Waals surface area contributed by atoms with Gasteiger partial charge in [0.15, 0.2) is 0 Å². The Kier molecular flexibility index (Phi) is 3.97. The Morgan fingerprint density at radius 1 is 1.43 bits per heavy atom. The Morgan fingerprint density at radius 2 is 2.10 bits per heavy atom. The number of anilines is 1. The number of nitrogens with one attached hydrogen (secondary N) is 2. The first kappa shape index (κ1) is 15.0. The predicted molar refractivity (Wildman–Crippen MR) is 76.9 cm³/mol. The third-order valence-corrected chi connectivity index (χ3v) is 3.89. The van der Waals surface area contributed by atoms with E-state index in [1.165, 1.54) is 6.92 Å². The second-order valence-corrected chi connectivity index (χ2v) is 5.37. The summed E-state index contributed by atoms with van der Waals surface area (Å²) >= 11 is 0. The molecule has 0 radical (unpaired) electrons. The van der Waals surface area contributed by atoms with E-state index in [9.17, 15) is 19.5 Å². The molecule has 2 unspecified atom stereocenters. The van der Waals surface area contributed by atoms with Crippen molar-refractivity contribution in [1.29, 1.82) is 0 Å². The summed E-state index contributed by atoms with van der Waals surface area (Å²) in [7, 11) is 0. The highest BCUT2D eigenvalue weighted by atomic mass is 16.4. The van der Waals surface area contributed by atoms with Crippen LogP contribution in [-0.2, 0) is 14.4 Å². The van der Waals surface area contributed by atoms with Crippen LogP contribution in [0.15, 0.2) is 24.3 Å². The number of para-hydroxylation sites is 1. The van der Waals surface area contributed by atoms with Gasteiger partial charge in [0.1, 0.15) is 5.54 Å². The zero-order valence-corrected chi connectivity index (χ0v) is 12.0. The lowest BCUT2D eigenvalue weighted by Gasteiger charge is -2.30. The molecule has 2 atom stereocenters. The van der Waals surface area contributed by atoms with E-state index in [1.807, 2.05) is 0 Å². The van der Waals surface area contributed by atoms with Crippen molar-refractivity contribution in [3.05, 3.63) is 29.8 Å². The van der Waals surface area contributed by atoms with Crippen LogP contribution in [0.1, 0.15) is 38.2 Å². The maximum absolute atomic E-state index is 12.4. The van der Waals surface area contributed by atoms with E-state index < -0.39 is 23.3 Å². The number of rotatable bonds is 4. The molecule has 0 saturated carbocycles. The lowest BCUT2D eigenvalue weighted by Crippen LogP contribution is -2.53. The Bertz CT molecular complexity index is 599. The molecule has 1 aromatic rings. The molecule has 21 heavy (non-hydrogen) atoms. The van der Waals surface area contributed by atoms with Crippen LogP contribution in [0.25, 0.3) is 0 Å². The summed E-state index contributed by atoms with van der Waals surface area (Å²) in [6, 6.07) is 7.05. The van der Waals surface area contributed by atoms with Crippen LogP contribution in [0.3, 0.4) is 0 Å². The van der Waals surface area contributed by atoms with Crippen LogP contribution in [0, 0.1) is 0 Å². The number of hydrogen-bond donors (Lipinski definition) is 3. The minimum absolute atomic E-state index is 0.0161. The lowest BCUT2D eigenvalue weighted by atomic mass is 9.88. The molecule has 0 saturated heterocycles. The van der Waals surface area contributed by atoms with E-state index in [2.05, 4.69) is 10.6 Å². The van der Waals surface area contributed by atoms with Crippen LogP contribution in [0.4, 0.5) is 5.69 Å². The molecule has 0 aromatic heterocycles. The molecule has 0 aliphatic carbocycles. The van der Waals surface area contributed by atoms with Gasteiger partial charge in [-0.25, -0.2) is 4.79 Å². The van der Waals surface area contributed by atoms with E-state index >= 15 is 0 Å². The summed E-state index contributed by atoms with van der Waals surface area (Å²) in [4.78, 5) is 35.4. The van der Waals surface area contributed by atoms with Gasteiger partial charge in [0.2, 0.25) is 11.8 Å². The SMILES string of the molecule is CCC(C)(NC(=O)C1CC(=O)Nc2ccccc21)C(=O)O. The van der Waals surface area contributed by atoms with Crippen LogP contribution >= 0.6 is 0 Å². The first-order valence-electron chi connectivity index (χ1n) is 6.81. The second-order valence-electron chi connectivity index (χ2n) is 5.37. The van der Waals surface area contributed by atoms with Crippen molar-refractivity contribution in [2.75, 3.05) is 5.32 Å². The third kappa shape index (κ3) is 2.89. The quantitative estimate of drug-likeness (QED) is 0.782. The normalized spacial score (nSPS) is 19.9. The number of hydrogen-bond acceptors (Lipinski definition) is 3. The fourth-order valence-corrected chi connectivity index (χ4v) is 2.30. The van der Waals surface area contributed by atoms with E-state index in [1.54, 1.807) is 31.2 Å². The van der Waals surface area contributed by atoms with Gasteiger partial charge in [0.25, 0.3) is 0 Å². The number of amides is 2. The molecule has 0 spiro atoms. The third-order valence-electron chi connectivity index (χ3n) is 3.89.